The molecule has 7 nitrogen and oxygen atoms in total. The number of aromatic nitrogens is 4. The van der Waals surface area contributed by atoms with Crippen molar-refractivity contribution >= 4 is 40.7 Å². The predicted molar refractivity (Wildman–Crippen MR) is 64.0 cm³/mol. The predicted octanol–water partition coefficient (Wildman–Crippen LogP) is -0.815. The van der Waals surface area contributed by atoms with Crippen LogP contribution in [0.15, 0.2) is 29.6 Å². The molecule has 0 spiro atoms. The fraction of sp³-hybridized carbons (Fsp3) is 0.300. The first-order valence-corrected chi connectivity index (χ1v) is 5.14. The van der Waals surface area contributed by atoms with Gasteiger partial charge in [0.2, 0.25) is 0 Å². The molecule has 1 aliphatic heterocycles. The maximum atomic E-state index is 11.5. The molecule has 0 fully saturated rings. The van der Waals surface area contributed by atoms with E-state index in [0.717, 1.165) is 0 Å². The summed E-state index contributed by atoms with van der Waals surface area (Å²) in [5.74, 6) is 0. The Kier molecular flexibility index (Phi) is 3.98. The van der Waals surface area contributed by atoms with Crippen molar-refractivity contribution in [1.29, 1.82) is 0 Å². The SMILES string of the molecule is O=c1[nH]cnc2c1ncn2[C@H]1C=C[C@@H](CO)O1.[Na]. The maximum absolute atomic E-state index is 11.5. The molecule has 0 unspecified atom stereocenters. The van der Waals surface area contributed by atoms with Crippen molar-refractivity contribution in [2.45, 2.75) is 12.3 Å². The molecule has 89 valence electrons. The molecule has 3 heterocycles. The van der Waals surface area contributed by atoms with Crippen LogP contribution in [0.5, 0.6) is 0 Å². The number of fused-ring (bicyclic) bond motifs is 1. The molecule has 2 atom stereocenters. The number of aromatic amines is 1. The van der Waals surface area contributed by atoms with E-state index in [1.807, 2.05) is 0 Å². The summed E-state index contributed by atoms with van der Waals surface area (Å²) in [6.45, 7) is -0.0758. The third-order valence-corrected chi connectivity index (χ3v) is 2.62. The van der Waals surface area contributed by atoms with Gasteiger partial charge in [-0.15, -0.1) is 0 Å². The van der Waals surface area contributed by atoms with Crippen LogP contribution < -0.4 is 5.56 Å². The third-order valence-electron chi connectivity index (χ3n) is 2.62. The van der Waals surface area contributed by atoms with Gasteiger partial charge in [0.05, 0.1) is 19.3 Å². The largest absolute Gasteiger partial charge is 0.393 e. The van der Waals surface area contributed by atoms with Crippen molar-refractivity contribution in [3.63, 3.8) is 0 Å². The first-order valence-electron chi connectivity index (χ1n) is 5.14. The van der Waals surface area contributed by atoms with Gasteiger partial charge in [-0.2, -0.15) is 0 Å². The fourth-order valence-electron chi connectivity index (χ4n) is 1.80. The Morgan fingerprint density at radius 1 is 1.44 bits per heavy atom. The minimum Gasteiger partial charge on any atom is -0.393 e. The van der Waals surface area contributed by atoms with Crippen LogP contribution >= 0.6 is 0 Å². The fourth-order valence-corrected chi connectivity index (χ4v) is 1.80. The second kappa shape index (κ2) is 5.33. The molecular formula is C10H10N4NaO3. The molecular weight excluding hydrogens is 247 g/mol. The van der Waals surface area contributed by atoms with Crippen molar-refractivity contribution in [1.82, 2.24) is 19.5 Å². The third kappa shape index (κ3) is 2.15. The molecule has 0 aromatic carbocycles. The Labute approximate surface area is 124 Å². The topological polar surface area (TPSA) is 93.0 Å². The van der Waals surface area contributed by atoms with E-state index in [1.54, 1.807) is 16.7 Å². The number of aliphatic hydroxyl groups excluding tert-OH is 1. The van der Waals surface area contributed by atoms with Crippen molar-refractivity contribution in [2.75, 3.05) is 6.61 Å². The standard InChI is InChI=1S/C10H10N4O3.Na/c15-3-6-1-2-7(17-6)14-5-13-8-9(14)11-4-12-10(8)16;/h1-2,4-7,15H,3H2,(H,11,12,16);/t6-,7+;/m0./s1. The van der Waals surface area contributed by atoms with E-state index >= 15 is 0 Å². The number of H-pyrrole nitrogens is 1. The molecule has 0 bridgehead atoms. The average molecular weight is 257 g/mol. The van der Waals surface area contributed by atoms with Gasteiger partial charge in [0.25, 0.3) is 5.56 Å². The molecule has 0 saturated heterocycles. The minimum absolute atomic E-state index is 0. The average Bonchev–Trinajstić information content (AvgIpc) is 2.94. The summed E-state index contributed by atoms with van der Waals surface area (Å²) in [7, 11) is 0. The van der Waals surface area contributed by atoms with Gasteiger partial charge in [0, 0.05) is 29.6 Å². The van der Waals surface area contributed by atoms with E-state index in [9.17, 15) is 4.79 Å². The van der Waals surface area contributed by atoms with Crippen molar-refractivity contribution in [2.24, 2.45) is 0 Å². The molecule has 1 radical (unpaired) electrons. The number of ether oxygens (including phenoxy) is 1. The zero-order valence-electron chi connectivity index (χ0n) is 9.78. The number of imidazole rings is 1. The Hall–Kier alpha value is -0.990. The molecule has 8 heteroatoms. The molecule has 0 saturated carbocycles. The van der Waals surface area contributed by atoms with Crippen molar-refractivity contribution in [3.05, 3.63) is 35.2 Å². The summed E-state index contributed by atoms with van der Waals surface area (Å²) in [6.07, 6.45) is 5.69. The first-order chi connectivity index (χ1) is 8.29. The normalized spacial score (nSPS) is 22.3. The summed E-state index contributed by atoms with van der Waals surface area (Å²) in [5, 5.41) is 8.97. The Balaban J connectivity index is 0.00000120. The van der Waals surface area contributed by atoms with Crippen LogP contribution in [0.3, 0.4) is 0 Å². The van der Waals surface area contributed by atoms with Crippen molar-refractivity contribution in [3.8, 4) is 0 Å². The van der Waals surface area contributed by atoms with Gasteiger partial charge >= 0.3 is 0 Å². The summed E-state index contributed by atoms with van der Waals surface area (Å²) in [5.41, 5.74) is 0.452. The van der Waals surface area contributed by atoms with Crippen LogP contribution in [-0.4, -0.2) is 66.9 Å². The Morgan fingerprint density at radius 3 is 3.00 bits per heavy atom. The van der Waals surface area contributed by atoms with E-state index in [2.05, 4.69) is 15.0 Å². The van der Waals surface area contributed by atoms with Crippen LogP contribution in [0.1, 0.15) is 6.23 Å². The molecule has 3 rings (SSSR count). The Bertz CT molecular complexity index is 635. The number of aliphatic hydroxyl groups is 1. The smallest absolute Gasteiger partial charge is 0.278 e. The quantitative estimate of drug-likeness (QED) is 0.542. The number of nitrogens with one attached hydrogen (secondary N) is 1. The van der Waals surface area contributed by atoms with Crippen LogP contribution in [0.25, 0.3) is 11.2 Å². The van der Waals surface area contributed by atoms with Gasteiger partial charge in [-0.05, 0) is 6.08 Å². The number of nitrogens with zero attached hydrogens (tertiary/aromatic N) is 3. The molecule has 2 aromatic rings. The van der Waals surface area contributed by atoms with Gasteiger partial charge in [0.1, 0.15) is 6.10 Å². The summed E-state index contributed by atoms with van der Waals surface area (Å²) in [4.78, 5) is 22.0. The summed E-state index contributed by atoms with van der Waals surface area (Å²) >= 11 is 0. The van der Waals surface area contributed by atoms with E-state index in [1.165, 1.54) is 12.7 Å². The van der Waals surface area contributed by atoms with Gasteiger partial charge < -0.3 is 14.8 Å². The number of hydrogen-bond acceptors (Lipinski definition) is 5. The van der Waals surface area contributed by atoms with Gasteiger partial charge in [0.15, 0.2) is 17.4 Å². The Morgan fingerprint density at radius 2 is 2.28 bits per heavy atom. The zero-order chi connectivity index (χ0) is 11.8. The van der Waals surface area contributed by atoms with Crippen LogP contribution in [0, 0.1) is 0 Å². The monoisotopic (exact) mass is 257 g/mol. The molecule has 2 N–H and O–H groups in total. The second-order valence-electron chi connectivity index (χ2n) is 3.69. The van der Waals surface area contributed by atoms with Crippen LogP contribution in [0.4, 0.5) is 0 Å². The number of hydrogen-bond donors (Lipinski definition) is 2. The van der Waals surface area contributed by atoms with E-state index in [-0.39, 0.29) is 59.6 Å². The summed E-state index contributed by atoms with van der Waals surface area (Å²) in [6, 6.07) is 0. The number of rotatable bonds is 2. The minimum atomic E-state index is -0.383. The van der Waals surface area contributed by atoms with Gasteiger partial charge in [-0.3, -0.25) is 9.36 Å². The van der Waals surface area contributed by atoms with E-state index in [4.69, 9.17) is 9.84 Å². The van der Waals surface area contributed by atoms with Crippen molar-refractivity contribution < 1.29 is 9.84 Å². The van der Waals surface area contributed by atoms with Gasteiger partial charge in [-0.1, -0.05) is 6.08 Å². The van der Waals surface area contributed by atoms with E-state index in [0.29, 0.717) is 5.65 Å². The zero-order valence-corrected chi connectivity index (χ0v) is 11.8. The molecule has 0 amide bonds. The molecule has 2 aromatic heterocycles. The van der Waals surface area contributed by atoms with Gasteiger partial charge in [-0.25, -0.2) is 9.97 Å². The molecule has 0 aliphatic carbocycles. The molecule has 18 heavy (non-hydrogen) atoms. The van der Waals surface area contributed by atoms with Crippen LogP contribution in [-0.2, 0) is 4.74 Å². The van der Waals surface area contributed by atoms with Crippen LogP contribution in [0.2, 0.25) is 0 Å². The maximum Gasteiger partial charge on any atom is 0.278 e. The summed E-state index contributed by atoms with van der Waals surface area (Å²) < 4.78 is 7.16. The van der Waals surface area contributed by atoms with E-state index < -0.39 is 0 Å². The second-order valence-corrected chi connectivity index (χ2v) is 3.69. The first kappa shape index (κ1) is 13.4. The molecule has 1 aliphatic rings.